The highest BCUT2D eigenvalue weighted by atomic mass is 32.1. The van der Waals surface area contributed by atoms with Crippen LogP contribution in [0.2, 0.25) is 0 Å². The van der Waals surface area contributed by atoms with Crippen LogP contribution in [-0.2, 0) is 18.3 Å². The van der Waals surface area contributed by atoms with Gasteiger partial charge in [0.05, 0.1) is 0 Å². The fraction of sp³-hybridized carbons (Fsp3) is 0.582. The third-order valence-electron chi connectivity index (χ3n) is 16.0. The summed E-state index contributed by atoms with van der Waals surface area (Å²) >= 11 is 8.13. The van der Waals surface area contributed by atoms with Crippen molar-refractivity contribution in [3.8, 4) is 50.8 Å². The van der Waals surface area contributed by atoms with Gasteiger partial charge in [-0.25, -0.2) is 0 Å². The molecule has 1 aliphatic carbocycles. The van der Waals surface area contributed by atoms with E-state index in [0.717, 1.165) is 0 Å². The van der Waals surface area contributed by atoms with Crippen molar-refractivity contribution in [2.75, 3.05) is 0 Å². The van der Waals surface area contributed by atoms with E-state index in [1.165, 1.54) is 267 Å². The van der Waals surface area contributed by atoms with Gasteiger partial charge in [-0.1, -0.05) is 231 Å². The van der Waals surface area contributed by atoms with Crippen LogP contribution in [0.4, 0.5) is 0 Å². The molecule has 0 unspecified atom stereocenters. The summed E-state index contributed by atoms with van der Waals surface area (Å²) in [4.78, 5) is 11.7. The maximum Gasteiger partial charge on any atom is 0.0481 e. The molecule has 1 aliphatic rings. The summed E-state index contributed by atoms with van der Waals surface area (Å²) in [7, 11) is 0. The molecule has 0 atom stereocenters. The number of fused-ring (bicyclic) bond motifs is 3. The highest BCUT2D eigenvalue weighted by Gasteiger charge is 2.42. The van der Waals surface area contributed by atoms with E-state index in [-0.39, 0.29) is 5.41 Å². The Balaban J connectivity index is 1.12. The second-order valence-corrected chi connectivity index (χ2v) is 26.4. The third kappa shape index (κ3) is 15.6. The zero-order valence-corrected chi connectivity index (χ0v) is 49.0. The van der Waals surface area contributed by atoms with Crippen molar-refractivity contribution < 1.29 is 0 Å². The topological polar surface area (TPSA) is 0 Å². The molecule has 0 bridgehead atoms. The molecule has 0 N–H and O–H groups in total. The van der Waals surface area contributed by atoms with Crippen LogP contribution in [0.5, 0.6) is 0 Å². The summed E-state index contributed by atoms with van der Waals surface area (Å²) in [6.07, 6.45) is 43.2. The summed E-state index contributed by atoms with van der Waals surface area (Å²) < 4.78 is 0. The number of rotatable bonds is 36. The number of thiophene rings is 4. The minimum Gasteiger partial charge on any atom is -0.139 e. The maximum atomic E-state index is 2.69. The third-order valence-corrected chi connectivity index (χ3v) is 21.0. The summed E-state index contributed by atoms with van der Waals surface area (Å²) in [5.74, 6) is 0. The van der Waals surface area contributed by atoms with Crippen molar-refractivity contribution in [1.29, 1.82) is 0 Å². The van der Waals surface area contributed by atoms with Gasteiger partial charge in [-0.2, -0.15) is 0 Å². The minimum absolute atomic E-state index is 0.102. The molecule has 0 amide bonds. The van der Waals surface area contributed by atoms with E-state index in [4.69, 9.17) is 0 Å². The highest BCUT2D eigenvalue weighted by Crippen LogP contribution is 2.56. The molecule has 0 radical (unpaired) electrons. The largest absolute Gasteiger partial charge is 0.139 e. The average Bonchev–Trinajstić information content (AvgIpc) is 4.24. The molecule has 6 aromatic rings. The molecule has 386 valence electrons. The van der Waals surface area contributed by atoms with Gasteiger partial charge in [0, 0.05) is 44.4 Å². The van der Waals surface area contributed by atoms with Gasteiger partial charge < -0.3 is 0 Å². The van der Waals surface area contributed by atoms with Crippen molar-refractivity contribution in [3.63, 3.8) is 0 Å². The summed E-state index contributed by atoms with van der Waals surface area (Å²) in [6.45, 7) is 14.0. The standard InChI is InChI=1S/C67H94S4/c1-7-11-15-19-21-23-25-27-29-31-35-54-48-52(6)68-65(54)62-43-41-60(69-62)61-42-44-63(70-61)66-55(36-32-30-28-26-24-22-20-16-12-8-2)50-64(71-66)53-38-40-57-56-39-37-51(5)47-58(56)67(59(57)49-53,45-33-17-13-9-3)46-34-18-14-10-4/h37-44,47-50H,7-36,45-46H2,1-6H3. The zero-order valence-electron chi connectivity index (χ0n) is 45.7. The molecular weight excluding hydrogens is 933 g/mol. The Labute approximate surface area is 451 Å². The molecule has 2 aromatic carbocycles. The predicted octanol–water partition coefficient (Wildman–Crippen LogP) is 24.4. The van der Waals surface area contributed by atoms with Crippen LogP contribution in [-0.4, -0.2) is 0 Å². The van der Waals surface area contributed by atoms with Crippen LogP contribution in [0.1, 0.15) is 253 Å². The molecule has 4 heterocycles. The lowest BCUT2D eigenvalue weighted by molar-refractivity contribution is 0.401. The molecule has 0 spiro atoms. The van der Waals surface area contributed by atoms with Gasteiger partial charge in [-0.15, -0.1) is 45.3 Å². The average molecular weight is 1030 g/mol. The van der Waals surface area contributed by atoms with Gasteiger partial charge in [0.15, 0.2) is 0 Å². The van der Waals surface area contributed by atoms with Crippen LogP contribution < -0.4 is 0 Å². The Bertz CT molecular complexity index is 2430. The normalized spacial score (nSPS) is 12.9. The predicted molar refractivity (Wildman–Crippen MR) is 324 cm³/mol. The lowest BCUT2D eigenvalue weighted by Crippen LogP contribution is -2.25. The zero-order chi connectivity index (χ0) is 49.7. The van der Waals surface area contributed by atoms with E-state index in [2.05, 4.69) is 126 Å². The highest BCUT2D eigenvalue weighted by molar-refractivity contribution is 7.29. The van der Waals surface area contributed by atoms with Gasteiger partial charge in [0.1, 0.15) is 0 Å². The smallest absolute Gasteiger partial charge is 0.0481 e. The molecule has 0 fully saturated rings. The Morgan fingerprint density at radius 1 is 0.338 bits per heavy atom. The summed E-state index contributed by atoms with van der Waals surface area (Å²) in [5, 5.41) is 0. The first-order valence-electron chi connectivity index (χ1n) is 29.6. The van der Waals surface area contributed by atoms with Gasteiger partial charge in [-0.3, -0.25) is 0 Å². The van der Waals surface area contributed by atoms with Crippen molar-refractivity contribution in [2.45, 2.75) is 252 Å². The lowest BCUT2D eigenvalue weighted by atomic mass is 9.70. The van der Waals surface area contributed by atoms with E-state index in [9.17, 15) is 0 Å². The first-order valence-corrected chi connectivity index (χ1v) is 32.8. The molecule has 0 aliphatic heterocycles. The van der Waals surface area contributed by atoms with Crippen LogP contribution in [0.3, 0.4) is 0 Å². The second-order valence-electron chi connectivity index (χ2n) is 21.9. The van der Waals surface area contributed by atoms with Crippen LogP contribution in [0.25, 0.3) is 50.8 Å². The second kappa shape index (κ2) is 30.0. The lowest BCUT2D eigenvalue weighted by Gasteiger charge is -2.33. The fourth-order valence-corrected chi connectivity index (χ4v) is 16.5. The van der Waals surface area contributed by atoms with Gasteiger partial charge in [0.2, 0.25) is 0 Å². The number of benzene rings is 2. The van der Waals surface area contributed by atoms with E-state index >= 15 is 0 Å². The first-order chi connectivity index (χ1) is 34.9. The Hall–Kier alpha value is -2.76. The Morgan fingerprint density at radius 2 is 0.746 bits per heavy atom. The van der Waals surface area contributed by atoms with E-state index < -0.39 is 0 Å². The first kappa shape index (κ1) is 56.0. The van der Waals surface area contributed by atoms with Crippen LogP contribution in [0.15, 0.2) is 72.8 Å². The van der Waals surface area contributed by atoms with E-state index in [0.29, 0.717) is 0 Å². The maximum absolute atomic E-state index is 2.69. The number of unbranched alkanes of at least 4 members (excludes halogenated alkanes) is 24. The molecule has 0 saturated heterocycles. The molecule has 7 rings (SSSR count). The Morgan fingerprint density at radius 3 is 1.25 bits per heavy atom. The molecule has 0 saturated carbocycles. The number of hydrogen-bond acceptors (Lipinski definition) is 4. The van der Waals surface area contributed by atoms with Gasteiger partial charge in [-0.05, 0) is 134 Å². The van der Waals surface area contributed by atoms with Crippen molar-refractivity contribution in [2.24, 2.45) is 0 Å². The minimum atomic E-state index is 0.102. The molecule has 0 nitrogen and oxygen atoms in total. The monoisotopic (exact) mass is 1030 g/mol. The molecule has 4 heteroatoms. The molecular formula is C67H94S4. The van der Waals surface area contributed by atoms with Crippen LogP contribution in [0, 0.1) is 13.8 Å². The SMILES string of the molecule is CCCCCCCCCCCCc1cc(C)sc1-c1ccc(-c2ccc(-c3sc(-c4ccc5c(c4)C(CCCCCC)(CCCCCC)c4cc(C)ccc4-5)cc3CCCCCCCCCCCC)s2)s1. The van der Waals surface area contributed by atoms with Gasteiger partial charge >= 0.3 is 0 Å². The Kier molecular flexibility index (Phi) is 23.6. The number of aryl methyl sites for hydroxylation is 4. The summed E-state index contributed by atoms with van der Waals surface area (Å²) in [6, 6.07) is 29.9. The quantitative estimate of drug-likeness (QED) is 0.0344. The van der Waals surface area contributed by atoms with Gasteiger partial charge in [0.25, 0.3) is 0 Å². The molecule has 71 heavy (non-hydrogen) atoms. The van der Waals surface area contributed by atoms with Crippen molar-refractivity contribution >= 4 is 45.3 Å². The van der Waals surface area contributed by atoms with Crippen LogP contribution >= 0.6 is 45.3 Å². The fourth-order valence-electron chi connectivity index (χ4n) is 11.8. The van der Waals surface area contributed by atoms with E-state index in [1.54, 1.807) is 22.3 Å². The van der Waals surface area contributed by atoms with Crippen molar-refractivity contribution in [1.82, 2.24) is 0 Å². The van der Waals surface area contributed by atoms with Crippen molar-refractivity contribution in [3.05, 3.63) is 105 Å². The molecule has 4 aromatic heterocycles. The van der Waals surface area contributed by atoms with E-state index in [1.807, 2.05) is 34.0 Å². The number of hydrogen-bond donors (Lipinski definition) is 0. The summed E-state index contributed by atoms with van der Waals surface area (Å²) in [5.41, 5.74) is 12.3.